The van der Waals surface area contributed by atoms with Crippen molar-refractivity contribution in [3.8, 4) is 0 Å². The zero-order valence-electron chi connectivity index (χ0n) is 10.4. The van der Waals surface area contributed by atoms with Crippen LogP contribution in [0.3, 0.4) is 0 Å². The predicted octanol–water partition coefficient (Wildman–Crippen LogP) is 2.91. The molecule has 0 aliphatic rings. The average Bonchev–Trinajstić information content (AvgIpc) is 2.27. The highest BCUT2D eigenvalue weighted by Gasteiger charge is 2.13. The van der Waals surface area contributed by atoms with Gasteiger partial charge in [0.1, 0.15) is 5.82 Å². The Labute approximate surface area is 92.9 Å². The molecule has 1 aromatic rings. The topological polar surface area (TPSA) is 38.9 Å². The highest BCUT2D eigenvalue weighted by atomic mass is 14.8. The number of nitrogen functional groups attached to an aromatic ring is 1. The molecule has 0 aromatic carbocycles. The Balaban J connectivity index is 3.44. The summed E-state index contributed by atoms with van der Waals surface area (Å²) >= 11 is 0. The Bertz CT molecular complexity index is 343. The van der Waals surface area contributed by atoms with Gasteiger partial charge in [0, 0.05) is 5.69 Å². The summed E-state index contributed by atoms with van der Waals surface area (Å²) in [5.74, 6) is 0.739. The molecule has 15 heavy (non-hydrogen) atoms. The molecule has 0 aliphatic carbocycles. The molecule has 1 aromatic heterocycles. The van der Waals surface area contributed by atoms with Gasteiger partial charge < -0.3 is 5.73 Å². The Morgan fingerprint density at radius 1 is 0.800 bits per heavy atom. The first-order valence-corrected chi connectivity index (χ1v) is 5.98. The van der Waals surface area contributed by atoms with E-state index in [1.165, 1.54) is 22.4 Å². The molecule has 0 aliphatic heterocycles. The first-order chi connectivity index (χ1) is 7.19. The minimum Gasteiger partial charge on any atom is -0.383 e. The van der Waals surface area contributed by atoms with Crippen molar-refractivity contribution < 1.29 is 0 Å². The standard InChI is InChI=1S/C13H22N2/c1-5-9-10(6-2)12(8-4)15-13(14)11(9)7-3/h5-8H2,1-4H3,(H2,14,15). The summed E-state index contributed by atoms with van der Waals surface area (Å²) in [6.45, 7) is 8.70. The van der Waals surface area contributed by atoms with Gasteiger partial charge in [0.05, 0.1) is 0 Å². The Hall–Kier alpha value is -1.05. The zero-order valence-corrected chi connectivity index (χ0v) is 10.4. The van der Waals surface area contributed by atoms with Gasteiger partial charge in [-0.05, 0) is 42.4 Å². The van der Waals surface area contributed by atoms with Crippen LogP contribution in [-0.4, -0.2) is 4.98 Å². The molecule has 0 saturated carbocycles. The molecule has 0 radical (unpaired) electrons. The fourth-order valence-corrected chi connectivity index (χ4v) is 2.32. The van der Waals surface area contributed by atoms with Crippen LogP contribution in [0.5, 0.6) is 0 Å². The van der Waals surface area contributed by atoms with Crippen LogP contribution in [0, 0.1) is 0 Å². The lowest BCUT2D eigenvalue weighted by Gasteiger charge is -2.16. The first kappa shape index (κ1) is 12.0. The van der Waals surface area contributed by atoms with Crippen LogP contribution in [0.15, 0.2) is 0 Å². The lowest BCUT2D eigenvalue weighted by atomic mass is 9.94. The van der Waals surface area contributed by atoms with E-state index in [1.54, 1.807) is 0 Å². The maximum absolute atomic E-state index is 6.00. The van der Waals surface area contributed by atoms with E-state index in [0.29, 0.717) is 0 Å². The van der Waals surface area contributed by atoms with Crippen molar-refractivity contribution in [2.24, 2.45) is 0 Å². The SMILES string of the molecule is CCc1nc(N)c(CC)c(CC)c1CC. The lowest BCUT2D eigenvalue weighted by Crippen LogP contribution is -2.09. The molecule has 0 saturated heterocycles. The maximum atomic E-state index is 6.00. The third-order valence-corrected chi connectivity index (χ3v) is 3.04. The zero-order chi connectivity index (χ0) is 11.4. The molecule has 2 N–H and O–H groups in total. The van der Waals surface area contributed by atoms with Crippen LogP contribution < -0.4 is 5.73 Å². The number of rotatable bonds is 4. The van der Waals surface area contributed by atoms with E-state index < -0.39 is 0 Å². The third kappa shape index (κ3) is 2.14. The van der Waals surface area contributed by atoms with Crippen molar-refractivity contribution >= 4 is 5.82 Å². The van der Waals surface area contributed by atoms with E-state index in [2.05, 4.69) is 32.7 Å². The van der Waals surface area contributed by atoms with Gasteiger partial charge in [0.15, 0.2) is 0 Å². The molecule has 0 bridgehead atoms. The summed E-state index contributed by atoms with van der Waals surface area (Å²) in [7, 11) is 0. The fraction of sp³-hybridized carbons (Fsp3) is 0.615. The molecule has 0 fully saturated rings. The molecule has 0 atom stereocenters. The van der Waals surface area contributed by atoms with Crippen LogP contribution in [0.2, 0.25) is 0 Å². The van der Waals surface area contributed by atoms with Crippen molar-refractivity contribution in [2.45, 2.75) is 53.4 Å². The van der Waals surface area contributed by atoms with Crippen molar-refractivity contribution in [3.05, 3.63) is 22.4 Å². The highest BCUT2D eigenvalue weighted by Crippen LogP contribution is 2.24. The van der Waals surface area contributed by atoms with Gasteiger partial charge in [-0.25, -0.2) is 4.98 Å². The van der Waals surface area contributed by atoms with Crippen LogP contribution >= 0.6 is 0 Å². The minimum absolute atomic E-state index is 0.739. The van der Waals surface area contributed by atoms with Crippen LogP contribution in [0.4, 0.5) is 5.82 Å². The van der Waals surface area contributed by atoms with Crippen molar-refractivity contribution in [3.63, 3.8) is 0 Å². The summed E-state index contributed by atoms with van der Waals surface area (Å²) in [5.41, 5.74) is 11.3. The first-order valence-electron chi connectivity index (χ1n) is 5.98. The van der Waals surface area contributed by atoms with Crippen LogP contribution in [-0.2, 0) is 25.7 Å². The molecule has 0 amide bonds. The molecule has 1 heterocycles. The molecule has 2 heteroatoms. The molecule has 0 spiro atoms. The second kappa shape index (κ2) is 5.15. The van der Waals surface area contributed by atoms with E-state index in [9.17, 15) is 0 Å². The molecular weight excluding hydrogens is 184 g/mol. The number of hydrogen-bond acceptors (Lipinski definition) is 2. The van der Waals surface area contributed by atoms with Crippen molar-refractivity contribution in [2.75, 3.05) is 5.73 Å². The van der Waals surface area contributed by atoms with Crippen LogP contribution in [0.1, 0.15) is 50.1 Å². The summed E-state index contributed by atoms with van der Waals surface area (Å²) in [5, 5.41) is 0. The number of anilines is 1. The summed E-state index contributed by atoms with van der Waals surface area (Å²) in [6, 6.07) is 0. The van der Waals surface area contributed by atoms with Gasteiger partial charge in [-0.2, -0.15) is 0 Å². The molecule has 0 unspecified atom stereocenters. The number of pyridine rings is 1. The maximum Gasteiger partial charge on any atom is 0.127 e. The van der Waals surface area contributed by atoms with E-state index in [0.717, 1.165) is 31.5 Å². The van der Waals surface area contributed by atoms with Gasteiger partial charge in [-0.3, -0.25) is 0 Å². The molecular formula is C13H22N2. The van der Waals surface area contributed by atoms with Gasteiger partial charge in [-0.1, -0.05) is 27.7 Å². The van der Waals surface area contributed by atoms with Gasteiger partial charge in [0.2, 0.25) is 0 Å². The number of hydrogen-bond donors (Lipinski definition) is 1. The molecule has 1 rings (SSSR count). The lowest BCUT2D eigenvalue weighted by molar-refractivity contribution is 0.900. The second-order valence-electron chi connectivity index (χ2n) is 3.79. The average molecular weight is 206 g/mol. The third-order valence-electron chi connectivity index (χ3n) is 3.04. The predicted molar refractivity (Wildman–Crippen MR) is 66.2 cm³/mol. The Kier molecular flexibility index (Phi) is 4.13. The number of nitrogens with two attached hydrogens (primary N) is 1. The van der Waals surface area contributed by atoms with Gasteiger partial charge >= 0.3 is 0 Å². The molecule has 84 valence electrons. The minimum atomic E-state index is 0.739. The fourth-order valence-electron chi connectivity index (χ4n) is 2.32. The van der Waals surface area contributed by atoms with Crippen molar-refractivity contribution in [1.82, 2.24) is 4.98 Å². The Morgan fingerprint density at radius 3 is 1.73 bits per heavy atom. The normalized spacial score (nSPS) is 10.7. The smallest absolute Gasteiger partial charge is 0.127 e. The summed E-state index contributed by atoms with van der Waals surface area (Å²) in [4.78, 5) is 4.52. The quantitative estimate of drug-likeness (QED) is 0.822. The summed E-state index contributed by atoms with van der Waals surface area (Å²) < 4.78 is 0. The number of aromatic nitrogens is 1. The van der Waals surface area contributed by atoms with E-state index in [1.807, 2.05) is 0 Å². The van der Waals surface area contributed by atoms with Crippen molar-refractivity contribution in [1.29, 1.82) is 0 Å². The monoisotopic (exact) mass is 206 g/mol. The summed E-state index contributed by atoms with van der Waals surface area (Å²) in [6.07, 6.45) is 4.09. The van der Waals surface area contributed by atoms with E-state index in [-0.39, 0.29) is 0 Å². The number of aryl methyl sites for hydroxylation is 1. The number of nitrogens with zero attached hydrogens (tertiary/aromatic N) is 1. The van der Waals surface area contributed by atoms with Gasteiger partial charge in [0.25, 0.3) is 0 Å². The van der Waals surface area contributed by atoms with Crippen LogP contribution in [0.25, 0.3) is 0 Å². The van der Waals surface area contributed by atoms with Gasteiger partial charge in [-0.15, -0.1) is 0 Å². The van der Waals surface area contributed by atoms with E-state index >= 15 is 0 Å². The molecule has 2 nitrogen and oxygen atoms in total. The highest BCUT2D eigenvalue weighted by molar-refractivity contribution is 5.50. The van der Waals surface area contributed by atoms with E-state index in [4.69, 9.17) is 5.73 Å². The second-order valence-corrected chi connectivity index (χ2v) is 3.79. The Morgan fingerprint density at radius 2 is 1.33 bits per heavy atom. The largest absolute Gasteiger partial charge is 0.383 e.